The van der Waals surface area contributed by atoms with E-state index in [1.54, 1.807) is 6.08 Å². The topological polar surface area (TPSA) is 55.8 Å². The number of benzene rings is 4. The molecule has 7 heteroatoms. The molecule has 0 spiro atoms. The Bertz CT molecular complexity index is 1560. The molecule has 1 heterocycles. The lowest BCUT2D eigenvalue weighted by atomic mass is 10.0. The van der Waals surface area contributed by atoms with E-state index in [2.05, 4.69) is 22.0 Å². The molecule has 2 amide bonds. The molecule has 1 saturated heterocycles. The SMILES string of the molecule is CCOc1cc(/C=C2/SC(=O)N(Cc3cccc4ccccc34)C2=O)cc(Br)c1OCc1cccc(C)c1. The number of rotatable bonds is 8. The van der Waals surface area contributed by atoms with Crippen LogP contribution in [0.2, 0.25) is 0 Å². The zero-order chi connectivity index (χ0) is 26.6. The molecule has 38 heavy (non-hydrogen) atoms. The van der Waals surface area contributed by atoms with Crippen LogP contribution in [0.1, 0.15) is 29.2 Å². The molecule has 5 nitrogen and oxygen atoms in total. The summed E-state index contributed by atoms with van der Waals surface area (Å²) in [6.07, 6.45) is 1.73. The van der Waals surface area contributed by atoms with Crippen molar-refractivity contribution >= 4 is 55.7 Å². The number of amides is 2. The smallest absolute Gasteiger partial charge is 0.293 e. The fourth-order valence-electron chi connectivity index (χ4n) is 4.42. The number of carbonyl (C=O) groups is 2. The Morgan fingerprint density at radius 1 is 0.947 bits per heavy atom. The first-order valence-electron chi connectivity index (χ1n) is 12.3. The maximum Gasteiger partial charge on any atom is 0.293 e. The van der Waals surface area contributed by atoms with Gasteiger partial charge in [0.25, 0.3) is 11.1 Å². The van der Waals surface area contributed by atoms with Crippen molar-refractivity contribution in [3.05, 3.63) is 110 Å². The number of carbonyl (C=O) groups excluding carboxylic acids is 2. The van der Waals surface area contributed by atoms with E-state index in [0.29, 0.717) is 34.1 Å². The Hall–Kier alpha value is -3.55. The van der Waals surface area contributed by atoms with Crippen LogP contribution in [0.3, 0.4) is 0 Å². The predicted molar refractivity (Wildman–Crippen MR) is 156 cm³/mol. The molecule has 1 aliphatic rings. The Morgan fingerprint density at radius 2 is 1.74 bits per heavy atom. The fraction of sp³-hybridized carbons (Fsp3) is 0.161. The molecule has 1 fully saturated rings. The molecule has 0 unspecified atom stereocenters. The Labute approximate surface area is 234 Å². The normalized spacial score (nSPS) is 14.5. The summed E-state index contributed by atoms with van der Waals surface area (Å²) in [5.41, 5.74) is 3.89. The average Bonchev–Trinajstić information content (AvgIpc) is 3.16. The molecule has 5 rings (SSSR count). The van der Waals surface area contributed by atoms with E-state index in [9.17, 15) is 9.59 Å². The Morgan fingerprint density at radius 3 is 2.55 bits per heavy atom. The van der Waals surface area contributed by atoms with Gasteiger partial charge >= 0.3 is 0 Å². The number of thioether (sulfide) groups is 1. The average molecular weight is 589 g/mol. The lowest BCUT2D eigenvalue weighted by molar-refractivity contribution is -0.123. The molecule has 1 aliphatic heterocycles. The van der Waals surface area contributed by atoms with Gasteiger partial charge in [-0.25, -0.2) is 0 Å². The minimum absolute atomic E-state index is 0.225. The summed E-state index contributed by atoms with van der Waals surface area (Å²) in [5.74, 6) is 0.854. The minimum Gasteiger partial charge on any atom is -0.490 e. The van der Waals surface area contributed by atoms with Crippen LogP contribution in [0, 0.1) is 6.92 Å². The third kappa shape index (κ3) is 5.64. The second kappa shape index (κ2) is 11.5. The quantitative estimate of drug-likeness (QED) is 0.195. The third-order valence-corrected chi connectivity index (χ3v) is 7.67. The van der Waals surface area contributed by atoms with Crippen molar-refractivity contribution in [3.8, 4) is 11.5 Å². The maximum absolute atomic E-state index is 13.3. The van der Waals surface area contributed by atoms with E-state index in [1.165, 1.54) is 10.5 Å². The number of hydrogen-bond donors (Lipinski definition) is 0. The van der Waals surface area contributed by atoms with Gasteiger partial charge in [-0.2, -0.15) is 0 Å². The standard InChI is InChI=1S/C31H26BrNO4S/c1-3-36-27-16-22(15-26(32)29(27)37-19-21-9-6-8-20(2)14-21)17-28-30(34)33(31(35)38-28)18-24-12-7-11-23-10-4-5-13-25(23)24/h4-17H,3,18-19H2,1-2H3/b28-17+. The number of hydrogen-bond acceptors (Lipinski definition) is 5. The van der Waals surface area contributed by atoms with Crippen molar-refractivity contribution in [2.45, 2.75) is 27.0 Å². The van der Waals surface area contributed by atoms with Gasteiger partial charge in [-0.1, -0.05) is 72.3 Å². The predicted octanol–water partition coefficient (Wildman–Crippen LogP) is 8.12. The van der Waals surface area contributed by atoms with Crippen molar-refractivity contribution in [3.63, 3.8) is 0 Å². The van der Waals surface area contributed by atoms with Crippen LogP contribution < -0.4 is 9.47 Å². The third-order valence-electron chi connectivity index (χ3n) is 6.18. The van der Waals surface area contributed by atoms with Crippen LogP contribution in [0.15, 0.2) is 88.2 Å². The lowest BCUT2D eigenvalue weighted by Crippen LogP contribution is -2.27. The molecular formula is C31H26BrNO4S. The number of imide groups is 1. The highest BCUT2D eigenvalue weighted by atomic mass is 79.9. The van der Waals surface area contributed by atoms with E-state index in [0.717, 1.165) is 39.2 Å². The molecule has 4 aromatic rings. The summed E-state index contributed by atoms with van der Waals surface area (Å²) in [7, 11) is 0. The summed E-state index contributed by atoms with van der Waals surface area (Å²) >= 11 is 4.56. The van der Waals surface area contributed by atoms with Gasteiger partial charge in [0.1, 0.15) is 6.61 Å². The van der Waals surface area contributed by atoms with E-state index < -0.39 is 0 Å². The van der Waals surface area contributed by atoms with Crippen molar-refractivity contribution in [1.29, 1.82) is 0 Å². The van der Waals surface area contributed by atoms with Crippen LogP contribution in [-0.4, -0.2) is 22.7 Å². The van der Waals surface area contributed by atoms with Gasteiger partial charge < -0.3 is 9.47 Å². The van der Waals surface area contributed by atoms with Crippen molar-refractivity contribution in [2.24, 2.45) is 0 Å². The van der Waals surface area contributed by atoms with Gasteiger partial charge in [-0.3, -0.25) is 14.5 Å². The summed E-state index contributed by atoms with van der Waals surface area (Å²) in [5, 5.41) is 1.83. The zero-order valence-corrected chi connectivity index (χ0v) is 23.5. The second-order valence-electron chi connectivity index (χ2n) is 8.95. The second-order valence-corrected chi connectivity index (χ2v) is 10.8. The fourth-order valence-corrected chi connectivity index (χ4v) is 5.83. The van der Waals surface area contributed by atoms with E-state index in [4.69, 9.17) is 9.47 Å². The molecule has 192 valence electrons. The van der Waals surface area contributed by atoms with E-state index in [-0.39, 0.29) is 17.7 Å². The molecule has 0 atom stereocenters. The molecule has 0 bridgehead atoms. The number of nitrogens with zero attached hydrogens (tertiary/aromatic N) is 1. The number of ether oxygens (including phenoxy) is 2. The molecule has 0 aromatic heterocycles. The Balaban J connectivity index is 1.38. The van der Waals surface area contributed by atoms with Crippen LogP contribution in [-0.2, 0) is 17.9 Å². The summed E-state index contributed by atoms with van der Waals surface area (Å²) < 4.78 is 12.7. The Kier molecular flexibility index (Phi) is 7.86. The molecule has 0 N–H and O–H groups in total. The molecule has 0 radical (unpaired) electrons. The van der Waals surface area contributed by atoms with Gasteiger partial charge in [0.05, 0.1) is 22.5 Å². The van der Waals surface area contributed by atoms with Gasteiger partial charge in [0.15, 0.2) is 11.5 Å². The highest BCUT2D eigenvalue weighted by Gasteiger charge is 2.35. The molecule has 0 aliphatic carbocycles. The summed E-state index contributed by atoms with van der Waals surface area (Å²) in [4.78, 5) is 27.8. The molecule has 0 saturated carbocycles. The first-order valence-corrected chi connectivity index (χ1v) is 13.9. The van der Waals surface area contributed by atoms with Gasteiger partial charge in [0.2, 0.25) is 0 Å². The van der Waals surface area contributed by atoms with Gasteiger partial charge in [-0.15, -0.1) is 0 Å². The summed E-state index contributed by atoms with van der Waals surface area (Å²) in [6, 6.07) is 25.7. The van der Waals surface area contributed by atoms with Crippen LogP contribution >= 0.6 is 27.7 Å². The highest BCUT2D eigenvalue weighted by molar-refractivity contribution is 9.10. The molecule has 4 aromatic carbocycles. The van der Waals surface area contributed by atoms with Crippen LogP contribution in [0.25, 0.3) is 16.8 Å². The first-order chi connectivity index (χ1) is 18.4. The van der Waals surface area contributed by atoms with Crippen LogP contribution in [0.4, 0.5) is 4.79 Å². The minimum atomic E-state index is -0.304. The van der Waals surface area contributed by atoms with Gasteiger partial charge in [-0.05, 0) is 87.2 Å². The first kappa shape index (κ1) is 26.1. The van der Waals surface area contributed by atoms with Crippen molar-refractivity contribution < 1.29 is 19.1 Å². The van der Waals surface area contributed by atoms with E-state index in [1.807, 2.05) is 86.6 Å². The van der Waals surface area contributed by atoms with Crippen molar-refractivity contribution in [1.82, 2.24) is 4.90 Å². The lowest BCUT2D eigenvalue weighted by Gasteiger charge is -2.15. The number of fused-ring (bicyclic) bond motifs is 1. The van der Waals surface area contributed by atoms with E-state index >= 15 is 0 Å². The highest BCUT2D eigenvalue weighted by Crippen LogP contribution is 2.40. The van der Waals surface area contributed by atoms with Crippen molar-refractivity contribution in [2.75, 3.05) is 6.61 Å². The monoisotopic (exact) mass is 587 g/mol. The van der Waals surface area contributed by atoms with Crippen LogP contribution in [0.5, 0.6) is 11.5 Å². The summed E-state index contributed by atoms with van der Waals surface area (Å²) in [6.45, 7) is 5.03. The molecular weight excluding hydrogens is 562 g/mol. The largest absolute Gasteiger partial charge is 0.490 e. The zero-order valence-electron chi connectivity index (χ0n) is 21.1. The number of halogens is 1. The van der Waals surface area contributed by atoms with Gasteiger partial charge in [0, 0.05) is 0 Å². The number of aryl methyl sites for hydroxylation is 1. The maximum atomic E-state index is 13.3.